The minimum absolute atomic E-state index is 0.0338. The van der Waals surface area contributed by atoms with Gasteiger partial charge in [-0.25, -0.2) is 9.07 Å². The molecule has 0 radical (unpaired) electrons. The summed E-state index contributed by atoms with van der Waals surface area (Å²) in [6.07, 6.45) is -1.24. The van der Waals surface area contributed by atoms with Crippen molar-refractivity contribution in [2.75, 3.05) is 13.2 Å². The first-order chi connectivity index (χ1) is 11.0. The third kappa shape index (κ3) is 3.56. The van der Waals surface area contributed by atoms with E-state index < -0.39 is 24.4 Å². The number of rotatable bonds is 2. The van der Waals surface area contributed by atoms with Gasteiger partial charge in [0.25, 0.3) is 0 Å². The number of hydrogen-bond donors (Lipinski definition) is 3. The zero-order valence-electron chi connectivity index (χ0n) is 12.3. The molecule has 1 aliphatic rings. The molecule has 4 atom stereocenters. The number of nitrogens with zero attached hydrogens (tertiary/aromatic N) is 3. The van der Waals surface area contributed by atoms with Crippen molar-refractivity contribution in [2.45, 2.75) is 30.8 Å². The van der Waals surface area contributed by atoms with E-state index in [1.54, 1.807) is 12.1 Å². The van der Waals surface area contributed by atoms with Gasteiger partial charge in [-0.3, -0.25) is 0 Å². The average molecular weight is 323 g/mol. The maximum absolute atomic E-state index is 13.3. The molecule has 7 nitrogen and oxygen atoms in total. The monoisotopic (exact) mass is 323 g/mol. The highest BCUT2D eigenvalue weighted by molar-refractivity contribution is 5.57. The average Bonchev–Trinajstić information content (AvgIpc) is 2.95. The summed E-state index contributed by atoms with van der Waals surface area (Å²) in [7, 11) is 0. The second-order valence-corrected chi connectivity index (χ2v) is 5.65. The van der Waals surface area contributed by atoms with Crippen LogP contribution in [0.3, 0.4) is 0 Å². The fourth-order valence-electron chi connectivity index (χ4n) is 2.72. The summed E-state index contributed by atoms with van der Waals surface area (Å²) < 4.78 is 19.8. The molecule has 1 aliphatic heterocycles. The van der Waals surface area contributed by atoms with Crippen LogP contribution in [0.2, 0.25) is 0 Å². The van der Waals surface area contributed by atoms with Gasteiger partial charge in [0.1, 0.15) is 23.7 Å². The van der Waals surface area contributed by atoms with Crippen molar-refractivity contribution in [3.05, 3.63) is 36.3 Å². The van der Waals surface area contributed by atoms with Crippen molar-refractivity contribution < 1.29 is 24.4 Å². The molecule has 2 heterocycles. The molecule has 3 unspecified atom stereocenters. The standard InChI is InChI=1S/C15H18FN3O4/c16-10-3-1-2-9(4-10)12-6-19(18-17-12)15-13(21)5-11(20)7-23-8-14(15)22/h1-4,6,11,13-15,20-22H,5,7-8H2/t11?,13-,14?,15?/m0/s1. The Morgan fingerprint density at radius 3 is 2.78 bits per heavy atom. The van der Waals surface area contributed by atoms with Crippen LogP contribution in [0, 0.1) is 5.82 Å². The summed E-state index contributed by atoms with van der Waals surface area (Å²) in [5, 5.41) is 38.1. The van der Waals surface area contributed by atoms with E-state index in [0.717, 1.165) is 0 Å². The predicted molar refractivity (Wildman–Crippen MR) is 77.9 cm³/mol. The molecule has 0 aliphatic carbocycles. The number of ether oxygens (including phenoxy) is 1. The van der Waals surface area contributed by atoms with Gasteiger partial charge in [0.15, 0.2) is 0 Å². The lowest BCUT2D eigenvalue weighted by molar-refractivity contribution is -0.0914. The van der Waals surface area contributed by atoms with E-state index in [-0.39, 0.29) is 25.5 Å². The van der Waals surface area contributed by atoms with E-state index in [1.165, 1.54) is 23.0 Å². The Balaban J connectivity index is 1.87. The van der Waals surface area contributed by atoms with Gasteiger partial charge in [0, 0.05) is 12.0 Å². The summed E-state index contributed by atoms with van der Waals surface area (Å²) in [6.45, 7) is 0.0285. The van der Waals surface area contributed by atoms with E-state index in [4.69, 9.17) is 4.74 Å². The molecule has 23 heavy (non-hydrogen) atoms. The second-order valence-electron chi connectivity index (χ2n) is 5.65. The fraction of sp³-hybridized carbons (Fsp3) is 0.467. The largest absolute Gasteiger partial charge is 0.391 e. The summed E-state index contributed by atoms with van der Waals surface area (Å²) >= 11 is 0. The van der Waals surface area contributed by atoms with Crippen molar-refractivity contribution in [1.82, 2.24) is 15.0 Å². The highest BCUT2D eigenvalue weighted by Gasteiger charge is 2.33. The molecule has 1 aromatic carbocycles. The summed E-state index contributed by atoms with van der Waals surface area (Å²) in [5.74, 6) is -0.389. The Hall–Kier alpha value is -1.87. The summed E-state index contributed by atoms with van der Waals surface area (Å²) in [6, 6.07) is 5.10. The van der Waals surface area contributed by atoms with Crippen LogP contribution in [0.1, 0.15) is 12.5 Å². The number of aliphatic hydroxyl groups excluding tert-OH is 3. The first-order valence-electron chi connectivity index (χ1n) is 7.34. The maximum atomic E-state index is 13.3. The van der Waals surface area contributed by atoms with Gasteiger partial charge in [0.2, 0.25) is 0 Å². The second kappa shape index (κ2) is 6.71. The molecular weight excluding hydrogens is 305 g/mol. The van der Waals surface area contributed by atoms with Crippen molar-refractivity contribution in [3.63, 3.8) is 0 Å². The normalized spacial score (nSPS) is 29.0. The van der Waals surface area contributed by atoms with Gasteiger partial charge >= 0.3 is 0 Å². The van der Waals surface area contributed by atoms with E-state index >= 15 is 0 Å². The molecule has 0 bridgehead atoms. The van der Waals surface area contributed by atoms with Gasteiger partial charge in [-0.05, 0) is 12.1 Å². The van der Waals surface area contributed by atoms with Crippen molar-refractivity contribution in [3.8, 4) is 11.3 Å². The van der Waals surface area contributed by atoms with Gasteiger partial charge in [-0.1, -0.05) is 17.3 Å². The predicted octanol–water partition coefficient (Wildman–Crippen LogP) is 0.128. The topological polar surface area (TPSA) is 101 Å². The molecule has 0 saturated carbocycles. The molecule has 3 N–H and O–H groups in total. The van der Waals surface area contributed by atoms with Crippen LogP contribution in [0.15, 0.2) is 30.5 Å². The number of halogens is 1. The van der Waals surface area contributed by atoms with E-state index in [1.807, 2.05) is 0 Å². The van der Waals surface area contributed by atoms with E-state index in [2.05, 4.69) is 10.3 Å². The third-order valence-corrected chi connectivity index (χ3v) is 3.84. The number of hydrogen-bond acceptors (Lipinski definition) is 6. The number of aliphatic hydroxyl groups is 3. The molecule has 1 aromatic heterocycles. The highest BCUT2D eigenvalue weighted by atomic mass is 19.1. The lowest BCUT2D eigenvalue weighted by atomic mass is 9.98. The Morgan fingerprint density at radius 1 is 1.17 bits per heavy atom. The van der Waals surface area contributed by atoms with Gasteiger partial charge in [-0.15, -0.1) is 5.10 Å². The molecular formula is C15H18FN3O4. The van der Waals surface area contributed by atoms with Crippen LogP contribution in [0.4, 0.5) is 4.39 Å². The summed E-state index contributed by atoms with van der Waals surface area (Å²) in [4.78, 5) is 0. The number of benzene rings is 1. The molecule has 3 rings (SSSR count). The smallest absolute Gasteiger partial charge is 0.123 e. The zero-order valence-corrected chi connectivity index (χ0v) is 12.3. The van der Waals surface area contributed by atoms with Crippen LogP contribution in [0.5, 0.6) is 0 Å². The Morgan fingerprint density at radius 2 is 2.00 bits per heavy atom. The molecule has 1 saturated heterocycles. The molecule has 1 fully saturated rings. The van der Waals surface area contributed by atoms with Crippen LogP contribution in [-0.4, -0.2) is 61.8 Å². The summed E-state index contributed by atoms with van der Waals surface area (Å²) in [5.41, 5.74) is 0.967. The van der Waals surface area contributed by atoms with Gasteiger partial charge in [-0.2, -0.15) is 0 Å². The van der Waals surface area contributed by atoms with E-state index in [0.29, 0.717) is 11.3 Å². The minimum Gasteiger partial charge on any atom is -0.391 e. The van der Waals surface area contributed by atoms with Gasteiger partial charge in [0.05, 0.1) is 31.6 Å². The molecule has 8 heteroatoms. The molecule has 124 valence electrons. The lowest BCUT2D eigenvalue weighted by Gasteiger charge is -2.31. The number of aromatic nitrogens is 3. The molecule has 2 aromatic rings. The molecule has 0 amide bonds. The lowest BCUT2D eigenvalue weighted by Crippen LogP contribution is -2.42. The van der Waals surface area contributed by atoms with Crippen LogP contribution in [-0.2, 0) is 4.74 Å². The SMILES string of the molecule is OC1COCC(O)C(n2cc(-c3cccc(F)c3)nn2)[C@@H](O)C1. The van der Waals surface area contributed by atoms with Crippen LogP contribution >= 0.6 is 0 Å². The third-order valence-electron chi connectivity index (χ3n) is 3.84. The zero-order chi connectivity index (χ0) is 16.4. The Labute approximate surface area is 131 Å². The van der Waals surface area contributed by atoms with E-state index in [9.17, 15) is 19.7 Å². The van der Waals surface area contributed by atoms with Crippen LogP contribution in [0.25, 0.3) is 11.3 Å². The maximum Gasteiger partial charge on any atom is 0.123 e. The minimum atomic E-state index is -1.01. The quantitative estimate of drug-likeness (QED) is 0.726. The first kappa shape index (κ1) is 16.0. The Kier molecular flexibility index (Phi) is 4.67. The van der Waals surface area contributed by atoms with Gasteiger partial charge < -0.3 is 20.1 Å². The molecule has 0 spiro atoms. The van der Waals surface area contributed by atoms with Crippen molar-refractivity contribution in [1.29, 1.82) is 0 Å². The Bertz CT molecular complexity index is 666. The highest BCUT2D eigenvalue weighted by Crippen LogP contribution is 2.25. The van der Waals surface area contributed by atoms with Crippen molar-refractivity contribution in [2.24, 2.45) is 0 Å². The van der Waals surface area contributed by atoms with Crippen LogP contribution < -0.4 is 0 Å². The fourth-order valence-corrected chi connectivity index (χ4v) is 2.72. The van der Waals surface area contributed by atoms with Crippen molar-refractivity contribution >= 4 is 0 Å². The first-order valence-corrected chi connectivity index (χ1v) is 7.34.